The minimum Gasteiger partial charge on any atom is -0.474 e. The van der Waals surface area contributed by atoms with Gasteiger partial charge in [0.05, 0.1) is 17.7 Å². The molecule has 4 aliphatic rings. The predicted octanol–water partition coefficient (Wildman–Crippen LogP) is 9.40. The van der Waals surface area contributed by atoms with Crippen LogP contribution in [0.5, 0.6) is 17.6 Å². The van der Waals surface area contributed by atoms with Crippen molar-refractivity contribution in [2.75, 3.05) is 64.8 Å². The van der Waals surface area contributed by atoms with Crippen molar-refractivity contribution in [3.05, 3.63) is 41.5 Å². The average molecular weight is 846 g/mol. The van der Waals surface area contributed by atoms with Crippen molar-refractivity contribution in [1.82, 2.24) is 19.9 Å². The first-order chi connectivity index (χ1) is 28.8. The van der Waals surface area contributed by atoms with Gasteiger partial charge in [0.1, 0.15) is 60.9 Å². The van der Waals surface area contributed by atoms with Crippen molar-refractivity contribution in [2.24, 2.45) is 0 Å². The third kappa shape index (κ3) is 8.03. The summed E-state index contributed by atoms with van der Waals surface area (Å²) < 4.78 is 79.2. The lowest BCUT2D eigenvalue weighted by molar-refractivity contribution is 0.0512. The summed E-state index contributed by atoms with van der Waals surface area (Å²) in [5.41, 5.74) is 4.46. The summed E-state index contributed by atoms with van der Waals surface area (Å²) in [4.78, 5) is 18.9. The molecule has 3 saturated heterocycles. The summed E-state index contributed by atoms with van der Waals surface area (Å²) in [7, 11) is -0.805. The largest absolute Gasteiger partial charge is 0.474 e. The van der Waals surface area contributed by atoms with E-state index in [1.54, 1.807) is 18.2 Å². The first-order valence-electron chi connectivity index (χ1n) is 21.7. The summed E-state index contributed by atoms with van der Waals surface area (Å²) in [6, 6.07) is 6.49. The molecule has 1 aliphatic carbocycles. The maximum atomic E-state index is 18.0. The number of fused-ring (bicyclic) bond motifs is 3. The Hall–Kier alpha value is -4.16. The van der Waals surface area contributed by atoms with Crippen molar-refractivity contribution in [3.63, 3.8) is 0 Å². The molecule has 2 aromatic carbocycles. The molecular formula is C46H58F3N5O5Si. The number of aromatic nitrogens is 3. The summed E-state index contributed by atoms with van der Waals surface area (Å²) in [6.07, 6.45) is 3.42. The van der Waals surface area contributed by atoms with E-state index >= 15 is 8.78 Å². The second kappa shape index (κ2) is 17.3. The number of alkyl halides is 1. The number of ether oxygens (including phenoxy) is 5. The Morgan fingerprint density at radius 2 is 1.72 bits per heavy atom. The number of methoxy groups -OCH3 is 1. The van der Waals surface area contributed by atoms with Gasteiger partial charge in [-0.15, -0.1) is 5.54 Å². The third-order valence-electron chi connectivity index (χ3n) is 13.2. The van der Waals surface area contributed by atoms with Crippen LogP contribution in [0.15, 0.2) is 24.3 Å². The van der Waals surface area contributed by atoms with E-state index in [2.05, 4.69) is 57.9 Å². The number of benzene rings is 2. The molecule has 0 spiro atoms. The highest BCUT2D eigenvalue weighted by Gasteiger charge is 2.49. The molecule has 4 fully saturated rings. The van der Waals surface area contributed by atoms with E-state index in [-0.39, 0.29) is 53.7 Å². The first kappa shape index (κ1) is 42.5. The SMILES string of the molecule is COCOc1cc(-c2nc(OC3CC3)c3c(N4CCCOCC4)nc(OC[C@@]45CCCN4C[C@H](F)C5)nc3c2F)c2c(C#C[Si](C(C)C)(C(C)C)C(C)C)c(F)ccc2c1. The molecule has 4 aromatic rings. The maximum absolute atomic E-state index is 18.0. The van der Waals surface area contributed by atoms with E-state index in [4.69, 9.17) is 38.6 Å². The van der Waals surface area contributed by atoms with Crippen LogP contribution in [0.1, 0.15) is 85.6 Å². The van der Waals surface area contributed by atoms with E-state index in [9.17, 15) is 4.39 Å². The average Bonchev–Trinajstić information content (AvgIpc) is 3.94. The minimum atomic E-state index is -2.32. The van der Waals surface area contributed by atoms with Crippen LogP contribution in [0.3, 0.4) is 0 Å². The Morgan fingerprint density at radius 3 is 2.45 bits per heavy atom. The van der Waals surface area contributed by atoms with Crippen molar-refractivity contribution in [1.29, 1.82) is 0 Å². The normalized spacial score (nSPS) is 21.2. The van der Waals surface area contributed by atoms with E-state index in [0.29, 0.717) is 83.6 Å². The minimum absolute atomic E-state index is 0.0170. The molecule has 0 radical (unpaired) electrons. The Labute approximate surface area is 352 Å². The molecule has 0 bridgehead atoms. The van der Waals surface area contributed by atoms with Crippen LogP contribution < -0.4 is 19.1 Å². The van der Waals surface area contributed by atoms with Gasteiger partial charge in [0.25, 0.3) is 0 Å². The fourth-order valence-electron chi connectivity index (χ4n) is 10.1. The zero-order valence-electron chi connectivity index (χ0n) is 36.0. The zero-order valence-corrected chi connectivity index (χ0v) is 37.0. The van der Waals surface area contributed by atoms with Gasteiger partial charge in [-0.1, -0.05) is 53.5 Å². The molecule has 322 valence electrons. The quantitative estimate of drug-likeness (QED) is 0.0737. The third-order valence-corrected chi connectivity index (χ3v) is 19.5. The van der Waals surface area contributed by atoms with E-state index in [1.165, 1.54) is 13.2 Å². The maximum Gasteiger partial charge on any atom is 0.319 e. The molecular weight excluding hydrogens is 788 g/mol. The van der Waals surface area contributed by atoms with Crippen molar-refractivity contribution < 1.29 is 36.9 Å². The Kier molecular flexibility index (Phi) is 12.3. The van der Waals surface area contributed by atoms with Gasteiger partial charge in [-0.2, -0.15) is 9.97 Å². The van der Waals surface area contributed by atoms with Crippen molar-refractivity contribution in [3.8, 4) is 40.4 Å². The summed E-state index contributed by atoms with van der Waals surface area (Å²) >= 11 is 0. The van der Waals surface area contributed by atoms with Crippen LogP contribution in [-0.4, -0.2) is 106 Å². The van der Waals surface area contributed by atoms with Gasteiger partial charge < -0.3 is 28.6 Å². The summed E-state index contributed by atoms with van der Waals surface area (Å²) in [5, 5.41) is 1.33. The van der Waals surface area contributed by atoms with Crippen LogP contribution in [0.2, 0.25) is 16.6 Å². The number of anilines is 1. The van der Waals surface area contributed by atoms with Gasteiger partial charge in [0, 0.05) is 50.7 Å². The lowest BCUT2D eigenvalue weighted by Crippen LogP contribution is -2.43. The second-order valence-electron chi connectivity index (χ2n) is 18.0. The topological polar surface area (TPSA) is 91.3 Å². The molecule has 1 saturated carbocycles. The molecule has 60 heavy (non-hydrogen) atoms. The van der Waals surface area contributed by atoms with Gasteiger partial charge in [0.15, 0.2) is 12.6 Å². The standard InChI is InChI=1S/C46H58F3N5O5Si/c1-28(2)60(29(3)4,30(5)6)21-14-35-37(48)13-10-31-22-34(58-27-55-7)23-36(38(31)35)41-40(49)42-39(44(50-41)59-33-11-12-33)43(53-16-9-19-56-20-18-53)52-45(51-42)57-26-46-15-8-17-54(46)25-32(47)24-46/h10,13,22-23,28-30,32-33H,8-9,11-12,15-20,24-27H2,1-7H3/t32-,46+/m1/s1. The van der Waals surface area contributed by atoms with Gasteiger partial charge in [-0.3, -0.25) is 4.90 Å². The number of rotatable bonds is 13. The monoisotopic (exact) mass is 845 g/mol. The fraction of sp³-hybridized carbons (Fsp3) is 0.587. The van der Waals surface area contributed by atoms with E-state index in [0.717, 1.165) is 38.6 Å². The summed E-state index contributed by atoms with van der Waals surface area (Å²) in [5.74, 6) is 3.09. The van der Waals surface area contributed by atoms with Crippen molar-refractivity contribution >= 4 is 35.6 Å². The molecule has 3 aliphatic heterocycles. The van der Waals surface area contributed by atoms with Crippen LogP contribution in [-0.2, 0) is 9.47 Å². The number of pyridine rings is 1. The van der Waals surface area contributed by atoms with Crippen LogP contribution in [0, 0.1) is 23.1 Å². The highest BCUT2D eigenvalue weighted by atomic mass is 28.3. The van der Waals surface area contributed by atoms with Gasteiger partial charge in [-0.25, -0.2) is 18.2 Å². The molecule has 2 atom stereocenters. The number of nitrogens with zero attached hydrogens (tertiary/aromatic N) is 5. The van der Waals surface area contributed by atoms with Crippen molar-refractivity contribution in [2.45, 2.75) is 115 Å². The fourth-order valence-corrected chi connectivity index (χ4v) is 15.4. The van der Waals surface area contributed by atoms with Gasteiger partial charge in [-0.05, 0) is 78.9 Å². The number of hydrogen-bond acceptors (Lipinski definition) is 10. The predicted molar refractivity (Wildman–Crippen MR) is 230 cm³/mol. The zero-order chi connectivity index (χ0) is 42.3. The Balaban J connectivity index is 1.37. The first-order valence-corrected chi connectivity index (χ1v) is 23.9. The lowest BCUT2D eigenvalue weighted by Gasteiger charge is -2.38. The Bertz CT molecular complexity index is 2270. The molecule has 2 aromatic heterocycles. The number of hydrogen-bond donors (Lipinski definition) is 0. The van der Waals surface area contributed by atoms with Crippen LogP contribution >= 0.6 is 0 Å². The van der Waals surface area contributed by atoms with Crippen LogP contribution in [0.25, 0.3) is 32.9 Å². The Morgan fingerprint density at radius 1 is 0.933 bits per heavy atom. The second-order valence-corrected chi connectivity index (χ2v) is 23.5. The summed E-state index contributed by atoms with van der Waals surface area (Å²) in [6.45, 7) is 16.7. The lowest BCUT2D eigenvalue weighted by atomic mass is 9.95. The highest BCUT2D eigenvalue weighted by molar-refractivity contribution is 6.90. The van der Waals surface area contributed by atoms with Gasteiger partial charge >= 0.3 is 6.01 Å². The smallest absolute Gasteiger partial charge is 0.319 e. The highest BCUT2D eigenvalue weighted by Crippen LogP contribution is 2.46. The van der Waals surface area contributed by atoms with Gasteiger partial charge in [0.2, 0.25) is 5.88 Å². The molecule has 8 rings (SSSR count). The molecule has 0 amide bonds. The van der Waals surface area contributed by atoms with E-state index in [1.807, 2.05) is 4.90 Å². The van der Waals surface area contributed by atoms with Crippen LogP contribution in [0.4, 0.5) is 19.0 Å². The number of halogens is 3. The molecule has 5 heterocycles. The molecule has 0 N–H and O–H groups in total. The molecule has 10 nitrogen and oxygen atoms in total. The van der Waals surface area contributed by atoms with E-state index < -0.39 is 31.4 Å². The molecule has 14 heteroatoms. The molecule has 0 unspecified atom stereocenters.